The van der Waals surface area contributed by atoms with Gasteiger partial charge in [0.1, 0.15) is 6.54 Å². The average molecular weight is 230 g/mol. The maximum Gasteiger partial charge on any atom is 0.325 e. The lowest BCUT2D eigenvalue weighted by Gasteiger charge is -2.17. The molecule has 0 saturated heterocycles. The number of rotatable bonds is 7. The number of ether oxygens (including phenoxy) is 1. The molecule has 1 N–H and O–H groups in total. The highest BCUT2D eigenvalue weighted by molar-refractivity contribution is 5.80. The van der Waals surface area contributed by atoms with E-state index in [1.807, 2.05) is 0 Å². The standard InChI is InChI=1S/C11H22N2O3/c1-4-6-7-8-13(3)11(15)12-9-10(14)16-5-2/h4-9H2,1-3H3,(H,12,15). The van der Waals surface area contributed by atoms with Gasteiger partial charge >= 0.3 is 12.0 Å². The highest BCUT2D eigenvalue weighted by Crippen LogP contribution is 1.96. The zero-order valence-electron chi connectivity index (χ0n) is 10.4. The van der Waals surface area contributed by atoms with Gasteiger partial charge in [-0.3, -0.25) is 4.79 Å². The van der Waals surface area contributed by atoms with E-state index in [2.05, 4.69) is 12.2 Å². The van der Waals surface area contributed by atoms with Crippen LogP contribution in [-0.4, -0.2) is 43.6 Å². The lowest BCUT2D eigenvalue weighted by atomic mass is 10.2. The summed E-state index contributed by atoms with van der Waals surface area (Å²) < 4.78 is 4.70. The average Bonchev–Trinajstić information content (AvgIpc) is 2.26. The summed E-state index contributed by atoms with van der Waals surface area (Å²) in [5.41, 5.74) is 0. The van der Waals surface area contributed by atoms with E-state index in [1.165, 1.54) is 0 Å². The van der Waals surface area contributed by atoms with Crippen LogP contribution in [0.25, 0.3) is 0 Å². The van der Waals surface area contributed by atoms with Gasteiger partial charge in [0, 0.05) is 13.6 Å². The largest absolute Gasteiger partial charge is 0.465 e. The van der Waals surface area contributed by atoms with Crippen LogP contribution in [0.5, 0.6) is 0 Å². The molecular weight excluding hydrogens is 208 g/mol. The Balaban J connectivity index is 3.66. The third-order valence-corrected chi connectivity index (χ3v) is 2.13. The molecule has 0 fully saturated rings. The molecule has 0 saturated carbocycles. The first-order valence-electron chi connectivity index (χ1n) is 5.76. The van der Waals surface area contributed by atoms with Crippen molar-refractivity contribution in [2.45, 2.75) is 33.1 Å². The minimum absolute atomic E-state index is 0.0647. The zero-order chi connectivity index (χ0) is 12.4. The fraction of sp³-hybridized carbons (Fsp3) is 0.818. The number of hydrogen-bond donors (Lipinski definition) is 1. The Morgan fingerprint density at radius 3 is 2.50 bits per heavy atom. The number of esters is 1. The Hall–Kier alpha value is -1.26. The van der Waals surface area contributed by atoms with E-state index in [4.69, 9.17) is 4.74 Å². The zero-order valence-corrected chi connectivity index (χ0v) is 10.4. The molecule has 0 aromatic rings. The molecule has 0 atom stereocenters. The normalized spacial score (nSPS) is 9.69. The molecule has 94 valence electrons. The van der Waals surface area contributed by atoms with Crippen molar-refractivity contribution in [3.05, 3.63) is 0 Å². The predicted octanol–water partition coefficient (Wildman–Crippen LogP) is 1.38. The second-order valence-electron chi connectivity index (χ2n) is 3.59. The molecular formula is C11H22N2O3. The van der Waals surface area contributed by atoms with E-state index < -0.39 is 5.97 Å². The Morgan fingerprint density at radius 1 is 1.25 bits per heavy atom. The molecule has 0 aliphatic heterocycles. The minimum Gasteiger partial charge on any atom is -0.465 e. The van der Waals surface area contributed by atoms with E-state index in [1.54, 1.807) is 18.9 Å². The number of carbonyl (C=O) groups is 2. The number of unbranched alkanes of at least 4 members (excludes halogenated alkanes) is 2. The summed E-state index contributed by atoms with van der Waals surface area (Å²) >= 11 is 0. The molecule has 0 aromatic carbocycles. The second-order valence-corrected chi connectivity index (χ2v) is 3.59. The summed E-state index contributed by atoms with van der Waals surface area (Å²) in [7, 11) is 1.72. The van der Waals surface area contributed by atoms with Gasteiger partial charge in [-0.1, -0.05) is 19.8 Å². The smallest absolute Gasteiger partial charge is 0.325 e. The van der Waals surface area contributed by atoms with Crippen LogP contribution in [0, 0.1) is 0 Å². The summed E-state index contributed by atoms with van der Waals surface area (Å²) in [5.74, 6) is -0.405. The topological polar surface area (TPSA) is 58.6 Å². The Kier molecular flexibility index (Phi) is 8.29. The minimum atomic E-state index is -0.405. The molecule has 0 bridgehead atoms. The summed E-state index contributed by atoms with van der Waals surface area (Å²) in [6.07, 6.45) is 3.22. The van der Waals surface area contributed by atoms with Crippen molar-refractivity contribution >= 4 is 12.0 Å². The summed E-state index contributed by atoms with van der Waals surface area (Å²) in [6.45, 7) is 4.83. The summed E-state index contributed by atoms with van der Waals surface area (Å²) in [4.78, 5) is 24.0. The molecule has 0 aliphatic rings. The lowest BCUT2D eigenvalue weighted by molar-refractivity contribution is -0.141. The van der Waals surface area contributed by atoms with Gasteiger partial charge in [-0.15, -0.1) is 0 Å². The molecule has 0 unspecified atom stereocenters. The summed E-state index contributed by atoms with van der Waals surface area (Å²) in [5, 5.41) is 2.51. The van der Waals surface area contributed by atoms with Crippen molar-refractivity contribution in [2.75, 3.05) is 26.7 Å². The maximum atomic E-state index is 11.5. The van der Waals surface area contributed by atoms with Crippen molar-refractivity contribution in [1.29, 1.82) is 0 Å². The lowest BCUT2D eigenvalue weighted by Crippen LogP contribution is -2.40. The van der Waals surface area contributed by atoms with Crippen LogP contribution in [0.4, 0.5) is 4.79 Å². The van der Waals surface area contributed by atoms with Crippen LogP contribution in [-0.2, 0) is 9.53 Å². The molecule has 0 radical (unpaired) electrons. The van der Waals surface area contributed by atoms with Crippen molar-refractivity contribution in [1.82, 2.24) is 10.2 Å². The van der Waals surface area contributed by atoms with Gasteiger partial charge in [0.25, 0.3) is 0 Å². The van der Waals surface area contributed by atoms with E-state index in [-0.39, 0.29) is 12.6 Å². The van der Waals surface area contributed by atoms with Gasteiger partial charge in [0.2, 0.25) is 0 Å². The number of amides is 2. The first-order valence-corrected chi connectivity index (χ1v) is 5.76. The molecule has 0 aromatic heterocycles. The van der Waals surface area contributed by atoms with Crippen molar-refractivity contribution in [3.8, 4) is 0 Å². The number of nitrogens with zero attached hydrogens (tertiary/aromatic N) is 1. The molecule has 0 aliphatic carbocycles. The van der Waals surface area contributed by atoms with Crippen LogP contribution in [0.3, 0.4) is 0 Å². The predicted molar refractivity (Wildman–Crippen MR) is 62.2 cm³/mol. The SMILES string of the molecule is CCCCCN(C)C(=O)NCC(=O)OCC. The maximum absolute atomic E-state index is 11.5. The van der Waals surface area contributed by atoms with Crippen molar-refractivity contribution in [2.24, 2.45) is 0 Å². The van der Waals surface area contributed by atoms with Crippen LogP contribution < -0.4 is 5.32 Å². The van der Waals surface area contributed by atoms with Gasteiger partial charge in [-0.05, 0) is 13.3 Å². The number of nitrogens with one attached hydrogen (secondary N) is 1. The first-order chi connectivity index (χ1) is 7.61. The van der Waals surface area contributed by atoms with Crippen LogP contribution >= 0.6 is 0 Å². The number of urea groups is 1. The molecule has 5 nitrogen and oxygen atoms in total. The van der Waals surface area contributed by atoms with Crippen LogP contribution in [0.1, 0.15) is 33.1 Å². The van der Waals surface area contributed by atoms with Gasteiger partial charge < -0.3 is 15.0 Å². The Bertz CT molecular complexity index is 219. The first kappa shape index (κ1) is 14.7. The highest BCUT2D eigenvalue weighted by atomic mass is 16.5. The summed E-state index contributed by atoms with van der Waals surface area (Å²) in [6, 6.07) is -0.232. The van der Waals surface area contributed by atoms with E-state index in [0.29, 0.717) is 13.2 Å². The van der Waals surface area contributed by atoms with E-state index in [0.717, 1.165) is 19.3 Å². The molecule has 5 heteroatoms. The van der Waals surface area contributed by atoms with E-state index >= 15 is 0 Å². The third kappa shape index (κ3) is 7.09. The molecule has 0 heterocycles. The van der Waals surface area contributed by atoms with Gasteiger partial charge in [-0.25, -0.2) is 4.79 Å². The Labute approximate surface area is 97.1 Å². The molecule has 2 amide bonds. The number of hydrogen-bond acceptors (Lipinski definition) is 3. The second kappa shape index (κ2) is 9.00. The third-order valence-electron chi connectivity index (χ3n) is 2.13. The number of carbonyl (C=O) groups excluding carboxylic acids is 2. The van der Waals surface area contributed by atoms with Gasteiger partial charge in [0.15, 0.2) is 0 Å². The fourth-order valence-corrected chi connectivity index (χ4v) is 1.20. The molecule has 0 spiro atoms. The van der Waals surface area contributed by atoms with Gasteiger partial charge in [0.05, 0.1) is 6.61 Å². The molecule has 0 rings (SSSR count). The van der Waals surface area contributed by atoms with E-state index in [9.17, 15) is 9.59 Å². The van der Waals surface area contributed by atoms with Crippen LogP contribution in [0.15, 0.2) is 0 Å². The fourth-order valence-electron chi connectivity index (χ4n) is 1.20. The van der Waals surface area contributed by atoms with Crippen molar-refractivity contribution < 1.29 is 14.3 Å². The van der Waals surface area contributed by atoms with Gasteiger partial charge in [-0.2, -0.15) is 0 Å². The quantitative estimate of drug-likeness (QED) is 0.531. The van der Waals surface area contributed by atoms with Crippen LogP contribution in [0.2, 0.25) is 0 Å². The molecule has 16 heavy (non-hydrogen) atoms. The Morgan fingerprint density at radius 2 is 1.94 bits per heavy atom. The monoisotopic (exact) mass is 230 g/mol. The van der Waals surface area contributed by atoms with Crippen molar-refractivity contribution in [3.63, 3.8) is 0 Å². The highest BCUT2D eigenvalue weighted by Gasteiger charge is 2.09.